The van der Waals surface area contributed by atoms with E-state index >= 15 is 0 Å². The van der Waals surface area contributed by atoms with Crippen molar-refractivity contribution in [3.8, 4) is 11.3 Å². The van der Waals surface area contributed by atoms with E-state index < -0.39 is 21.7 Å². The molecule has 5 rings (SSSR count). The maximum Gasteiger partial charge on any atom is 0.258 e. The largest absolute Gasteiger partial charge is 0.322 e. The molecule has 36 heavy (non-hydrogen) atoms. The van der Waals surface area contributed by atoms with Gasteiger partial charge in [-0.1, -0.05) is 18.0 Å². The molecule has 0 saturated carbocycles. The van der Waals surface area contributed by atoms with Crippen LogP contribution in [0.4, 0.5) is 15.8 Å². The van der Waals surface area contributed by atoms with Gasteiger partial charge in [0, 0.05) is 35.6 Å². The average Bonchev–Trinajstić information content (AvgIpc) is 3.04. The summed E-state index contributed by atoms with van der Waals surface area (Å²) in [7, 11) is -3.52. The number of benzene rings is 2. The minimum Gasteiger partial charge on any atom is -0.322 e. The second-order valence-corrected chi connectivity index (χ2v) is 10.9. The Morgan fingerprint density at radius 1 is 1.00 bits per heavy atom. The van der Waals surface area contributed by atoms with Crippen LogP contribution in [0.1, 0.15) is 29.6 Å². The summed E-state index contributed by atoms with van der Waals surface area (Å²) in [6.45, 7) is 0.290. The van der Waals surface area contributed by atoms with Gasteiger partial charge >= 0.3 is 0 Å². The summed E-state index contributed by atoms with van der Waals surface area (Å²) in [5.74, 6) is -1.45. The molecule has 184 valence electrons. The predicted octanol–water partition coefficient (Wildman–Crippen LogP) is 5.66. The third kappa shape index (κ3) is 4.76. The number of anilines is 2. The first-order valence-electron chi connectivity index (χ1n) is 11.4. The molecule has 2 aromatic carbocycles. The Kier molecular flexibility index (Phi) is 6.59. The van der Waals surface area contributed by atoms with Gasteiger partial charge in [-0.25, -0.2) is 12.8 Å². The fourth-order valence-electron chi connectivity index (χ4n) is 4.30. The molecule has 1 aliphatic rings. The Morgan fingerprint density at radius 2 is 1.86 bits per heavy atom. The molecule has 2 aromatic heterocycles. The quantitative estimate of drug-likeness (QED) is 0.372. The fourth-order valence-corrected chi connectivity index (χ4v) is 6.14. The number of rotatable bonds is 4. The molecule has 0 spiro atoms. The van der Waals surface area contributed by atoms with Gasteiger partial charge in [0.15, 0.2) is 0 Å². The van der Waals surface area contributed by atoms with Crippen molar-refractivity contribution in [3.05, 3.63) is 83.4 Å². The van der Waals surface area contributed by atoms with E-state index in [4.69, 9.17) is 11.6 Å². The summed E-state index contributed by atoms with van der Waals surface area (Å²) in [4.78, 5) is 21.7. The molecule has 0 atom stereocenters. The van der Waals surface area contributed by atoms with E-state index in [1.54, 1.807) is 42.7 Å². The normalized spacial score (nSPS) is 15.4. The van der Waals surface area contributed by atoms with E-state index in [1.165, 1.54) is 16.4 Å². The van der Waals surface area contributed by atoms with E-state index in [2.05, 4.69) is 15.3 Å². The Balaban J connectivity index is 1.42. The maximum absolute atomic E-state index is 15.0. The molecule has 4 aromatic rings. The highest BCUT2D eigenvalue weighted by atomic mass is 35.5. The number of hydrogen-bond donors (Lipinski definition) is 1. The third-order valence-corrected chi connectivity index (χ3v) is 8.29. The van der Waals surface area contributed by atoms with Crippen molar-refractivity contribution in [2.45, 2.75) is 19.3 Å². The lowest BCUT2D eigenvalue weighted by atomic mass is 10.1. The summed E-state index contributed by atoms with van der Waals surface area (Å²) in [5.41, 5.74) is 2.37. The molecule has 0 aliphatic carbocycles. The van der Waals surface area contributed by atoms with Crippen molar-refractivity contribution in [3.63, 3.8) is 0 Å². The van der Waals surface area contributed by atoms with Crippen LogP contribution >= 0.6 is 11.6 Å². The summed E-state index contributed by atoms with van der Waals surface area (Å²) in [5, 5.41) is 3.93. The van der Waals surface area contributed by atoms with Crippen LogP contribution in [0.2, 0.25) is 5.02 Å². The van der Waals surface area contributed by atoms with E-state index in [0.717, 1.165) is 23.4 Å². The van der Waals surface area contributed by atoms with E-state index in [1.807, 2.05) is 6.07 Å². The number of hydrogen-bond acceptors (Lipinski definition) is 5. The van der Waals surface area contributed by atoms with Crippen molar-refractivity contribution in [2.24, 2.45) is 0 Å². The number of carbonyl (C=O) groups is 1. The Bertz CT molecular complexity index is 1570. The summed E-state index contributed by atoms with van der Waals surface area (Å²) < 4.78 is 41.3. The van der Waals surface area contributed by atoms with Crippen LogP contribution in [-0.4, -0.2) is 36.6 Å². The molecule has 1 aliphatic heterocycles. The number of fused-ring (bicyclic) bond motifs is 1. The third-order valence-electron chi connectivity index (χ3n) is 6.09. The topological polar surface area (TPSA) is 92.3 Å². The molecule has 0 bridgehead atoms. The van der Waals surface area contributed by atoms with Gasteiger partial charge in [-0.15, -0.1) is 0 Å². The smallest absolute Gasteiger partial charge is 0.258 e. The lowest BCUT2D eigenvalue weighted by molar-refractivity contribution is 0.102. The van der Waals surface area contributed by atoms with Crippen LogP contribution in [0.25, 0.3) is 22.2 Å². The Labute approximate surface area is 213 Å². The van der Waals surface area contributed by atoms with Crippen molar-refractivity contribution >= 4 is 49.8 Å². The number of carbonyl (C=O) groups excluding carboxylic acids is 1. The fraction of sp³-hybridized carbons (Fsp3) is 0.192. The van der Waals surface area contributed by atoms with Crippen LogP contribution in [-0.2, 0) is 10.0 Å². The van der Waals surface area contributed by atoms with Crippen molar-refractivity contribution < 1.29 is 17.6 Å². The second kappa shape index (κ2) is 9.83. The standard InChI is InChI=1S/C26H22ClFN4O3S/c27-22-9-6-17(15-21(22)25-20-5-4-11-29-24(20)10-12-30-25)31-26(33)19-8-7-18(16-23(19)28)32-13-2-1-3-14-36(32,34)35/h4-12,15-16H,1-3,13-14H2,(H,31,33). The van der Waals surface area contributed by atoms with Crippen LogP contribution in [0.5, 0.6) is 0 Å². The Morgan fingerprint density at radius 3 is 2.69 bits per heavy atom. The lowest BCUT2D eigenvalue weighted by Gasteiger charge is -2.22. The zero-order chi connectivity index (χ0) is 25.3. The number of pyridine rings is 2. The number of aromatic nitrogens is 2. The molecular weight excluding hydrogens is 503 g/mol. The van der Waals surface area contributed by atoms with Gasteiger partial charge in [-0.3, -0.25) is 19.1 Å². The zero-order valence-corrected chi connectivity index (χ0v) is 20.7. The monoisotopic (exact) mass is 524 g/mol. The molecule has 1 N–H and O–H groups in total. The number of halogens is 2. The van der Waals surface area contributed by atoms with Gasteiger partial charge in [-0.05, 0) is 67.4 Å². The highest BCUT2D eigenvalue weighted by Gasteiger charge is 2.26. The minimum absolute atomic E-state index is 0.0252. The van der Waals surface area contributed by atoms with Gasteiger partial charge < -0.3 is 5.32 Å². The van der Waals surface area contributed by atoms with E-state index in [9.17, 15) is 17.6 Å². The molecule has 10 heteroatoms. The molecule has 0 radical (unpaired) electrons. The second-order valence-electron chi connectivity index (χ2n) is 8.49. The van der Waals surface area contributed by atoms with Crippen molar-refractivity contribution in [1.82, 2.24) is 9.97 Å². The number of amides is 1. The van der Waals surface area contributed by atoms with Crippen molar-refractivity contribution in [1.29, 1.82) is 0 Å². The van der Waals surface area contributed by atoms with Crippen LogP contribution < -0.4 is 9.62 Å². The Hall–Kier alpha value is -3.56. The SMILES string of the molecule is O=C(Nc1ccc(Cl)c(-c2nccc3ncccc23)c1)c1ccc(N2CCCCCS2(=O)=O)cc1F. The highest BCUT2D eigenvalue weighted by Crippen LogP contribution is 2.33. The van der Waals surface area contributed by atoms with Gasteiger partial charge in [-0.2, -0.15) is 0 Å². The average molecular weight is 525 g/mol. The summed E-state index contributed by atoms with van der Waals surface area (Å²) in [6, 6.07) is 14.3. The summed E-state index contributed by atoms with van der Waals surface area (Å²) >= 11 is 6.45. The first-order valence-corrected chi connectivity index (χ1v) is 13.4. The van der Waals surface area contributed by atoms with Gasteiger partial charge in [0.05, 0.1) is 33.2 Å². The molecule has 3 heterocycles. The number of sulfonamides is 1. The minimum atomic E-state index is -3.52. The first kappa shape index (κ1) is 24.1. The number of nitrogens with zero attached hydrogens (tertiary/aromatic N) is 3. The molecular formula is C26H22ClFN4O3S. The maximum atomic E-state index is 15.0. The van der Waals surface area contributed by atoms with Gasteiger partial charge in [0.25, 0.3) is 5.91 Å². The molecule has 0 unspecified atom stereocenters. The lowest BCUT2D eigenvalue weighted by Crippen LogP contribution is -2.32. The summed E-state index contributed by atoms with van der Waals surface area (Å²) in [6.07, 6.45) is 5.39. The van der Waals surface area contributed by atoms with Gasteiger partial charge in [0.2, 0.25) is 10.0 Å². The van der Waals surface area contributed by atoms with Crippen LogP contribution in [0.15, 0.2) is 67.0 Å². The van der Waals surface area contributed by atoms with E-state index in [-0.39, 0.29) is 17.0 Å². The van der Waals surface area contributed by atoms with Crippen LogP contribution in [0.3, 0.4) is 0 Å². The molecule has 7 nitrogen and oxygen atoms in total. The molecule has 1 amide bonds. The molecule has 1 saturated heterocycles. The van der Waals surface area contributed by atoms with E-state index in [0.29, 0.717) is 41.4 Å². The van der Waals surface area contributed by atoms with Gasteiger partial charge in [0.1, 0.15) is 5.82 Å². The first-order chi connectivity index (χ1) is 17.3. The van der Waals surface area contributed by atoms with Crippen molar-refractivity contribution in [2.75, 3.05) is 21.9 Å². The zero-order valence-electron chi connectivity index (χ0n) is 19.1. The highest BCUT2D eigenvalue weighted by molar-refractivity contribution is 7.92. The molecule has 1 fully saturated rings. The van der Waals surface area contributed by atoms with Crippen LogP contribution in [0, 0.1) is 5.82 Å². The predicted molar refractivity (Wildman–Crippen MR) is 139 cm³/mol. The number of nitrogens with one attached hydrogen (secondary N) is 1.